The Hall–Kier alpha value is -1.03. The molecule has 1 fully saturated rings. The van der Waals surface area contributed by atoms with Gasteiger partial charge >= 0.3 is 0 Å². The van der Waals surface area contributed by atoms with Gasteiger partial charge in [0.25, 0.3) is 0 Å². The third-order valence-electron chi connectivity index (χ3n) is 2.28. The molecular formula is C9H10F2N2. The summed E-state index contributed by atoms with van der Waals surface area (Å²) in [6, 6.07) is 1.26. The Kier molecular flexibility index (Phi) is 1.80. The topological polar surface area (TPSA) is 24.9 Å². The van der Waals surface area contributed by atoms with Gasteiger partial charge in [0.05, 0.1) is 0 Å². The first kappa shape index (κ1) is 8.56. The molecule has 2 heterocycles. The van der Waals surface area contributed by atoms with Gasteiger partial charge in [-0.2, -0.15) is 0 Å². The summed E-state index contributed by atoms with van der Waals surface area (Å²) in [6.07, 6.45) is 1.28. The first-order chi connectivity index (χ1) is 6.12. The molecule has 13 heavy (non-hydrogen) atoms. The summed E-state index contributed by atoms with van der Waals surface area (Å²) in [5.74, 6) is -0.503. The lowest BCUT2D eigenvalue weighted by Crippen LogP contribution is -2.54. The van der Waals surface area contributed by atoms with Gasteiger partial charge in [-0.25, -0.2) is 8.78 Å². The summed E-state index contributed by atoms with van der Waals surface area (Å²) < 4.78 is 26.9. The second kappa shape index (κ2) is 2.73. The van der Waals surface area contributed by atoms with E-state index in [9.17, 15) is 8.78 Å². The highest BCUT2D eigenvalue weighted by atomic mass is 19.1. The SMILES string of the molecule is Cc1cc(F)c(C2(F)CNC2)cn1. The molecular weight excluding hydrogens is 174 g/mol. The third kappa shape index (κ3) is 1.31. The Bertz CT molecular complexity index is 334. The number of aromatic nitrogens is 1. The predicted molar refractivity (Wildman–Crippen MR) is 44.6 cm³/mol. The van der Waals surface area contributed by atoms with Crippen molar-refractivity contribution in [3.8, 4) is 0 Å². The Labute approximate surface area is 75.0 Å². The van der Waals surface area contributed by atoms with E-state index in [1.165, 1.54) is 12.3 Å². The number of halogens is 2. The van der Waals surface area contributed by atoms with Crippen LogP contribution >= 0.6 is 0 Å². The lowest BCUT2D eigenvalue weighted by atomic mass is 9.91. The molecule has 0 unspecified atom stereocenters. The van der Waals surface area contributed by atoms with E-state index in [4.69, 9.17) is 0 Å². The summed E-state index contributed by atoms with van der Waals surface area (Å²) in [6.45, 7) is 2.03. The van der Waals surface area contributed by atoms with Gasteiger partial charge in [-0.15, -0.1) is 0 Å². The molecule has 4 heteroatoms. The van der Waals surface area contributed by atoms with E-state index in [1.54, 1.807) is 6.92 Å². The smallest absolute Gasteiger partial charge is 0.164 e. The molecule has 1 aliphatic rings. The van der Waals surface area contributed by atoms with Crippen LogP contribution < -0.4 is 5.32 Å². The number of alkyl halides is 1. The quantitative estimate of drug-likeness (QED) is 0.711. The number of hydrogen-bond acceptors (Lipinski definition) is 2. The van der Waals surface area contributed by atoms with Gasteiger partial charge < -0.3 is 5.32 Å². The van der Waals surface area contributed by atoms with Crippen molar-refractivity contribution in [2.45, 2.75) is 12.6 Å². The molecule has 2 nitrogen and oxygen atoms in total. The van der Waals surface area contributed by atoms with Gasteiger partial charge in [0.15, 0.2) is 5.67 Å². The highest BCUT2D eigenvalue weighted by Gasteiger charge is 2.41. The van der Waals surface area contributed by atoms with Crippen molar-refractivity contribution < 1.29 is 8.78 Å². The molecule has 0 aromatic carbocycles. The van der Waals surface area contributed by atoms with E-state index in [0.717, 1.165) is 0 Å². The molecule has 0 amide bonds. The molecule has 1 saturated heterocycles. The number of nitrogens with zero attached hydrogens (tertiary/aromatic N) is 1. The maximum Gasteiger partial charge on any atom is 0.164 e. The Balaban J connectivity index is 2.40. The zero-order valence-electron chi connectivity index (χ0n) is 7.27. The van der Waals surface area contributed by atoms with Gasteiger partial charge in [0, 0.05) is 30.5 Å². The van der Waals surface area contributed by atoms with Gasteiger partial charge in [0.2, 0.25) is 0 Å². The molecule has 2 rings (SSSR count). The highest BCUT2D eigenvalue weighted by Crippen LogP contribution is 2.31. The average Bonchev–Trinajstić information content (AvgIpc) is 2.00. The van der Waals surface area contributed by atoms with Crippen LogP contribution in [0.1, 0.15) is 11.3 Å². The minimum absolute atomic E-state index is 0.0665. The molecule has 70 valence electrons. The first-order valence-electron chi connectivity index (χ1n) is 4.14. The molecule has 0 bridgehead atoms. The van der Waals surface area contributed by atoms with Crippen LogP contribution in [0.5, 0.6) is 0 Å². The lowest BCUT2D eigenvalue weighted by Gasteiger charge is -2.35. The fraction of sp³-hybridized carbons (Fsp3) is 0.444. The molecule has 1 aliphatic heterocycles. The van der Waals surface area contributed by atoms with Crippen LogP contribution in [0.2, 0.25) is 0 Å². The van der Waals surface area contributed by atoms with Crippen LogP contribution in [0, 0.1) is 12.7 Å². The van der Waals surface area contributed by atoms with Crippen LogP contribution in [0.3, 0.4) is 0 Å². The first-order valence-corrected chi connectivity index (χ1v) is 4.14. The van der Waals surface area contributed by atoms with E-state index >= 15 is 0 Å². The van der Waals surface area contributed by atoms with Crippen molar-refractivity contribution in [1.29, 1.82) is 0 Å². The molecule has 1 aromatic rings. The zero-order chi connectivity index (χ0) is 9.47. The second-order valence-electron chi connectivity index (χ2n) is 3.37. The minimum atomic E-state index is -1.55. The maximum absolute atomic E-state index is 13.7. The summed E-state index contributed by atoms with van der Waals surface area (Å²) in [5, 5.41) is 2.77. The average molecular weight is 184 g/mol. The highest BCUT2D eigenvalue weighted by molar-refractivity contribution is 5.26. The largest absolute Gasteiger partial charge is 0.310 e. The van der Waals surface area contributed by atoms with Gasteiger partial charge in [-0.1, -0.05) is 0 Å². The fourth-order valence-electron chi connectivity index (χ4n) is 1.39. The summed E-state index contributed by atoms with van der Waals surface area (Å²) in [5.41, 5.74) is -0.917. The lowest BCUT2D eigenvalue weighted by molar-refractivity contribution is 0.0842. The van der Waals surface area contributed by atoms with Crippen molar-refractivity contribution in [3.05, 3.63) is 29.3 Å². The third-order valence-corrected chi connectivity index (χ3v) is 2.28. The van der Waals surface area contributed by atoms with Crippen molar-refractivity contribution in [2.75, 3.05) is 13.1 Å². The summed E-state index contributed by atoms with van der Waals surface area (Å²) in [7, 11) is 0. The minimum Gasteiger partial charge on any atom is -0.310 e. The number of pyridine rings is 1. The normalized spacial score (nSPS) is 19.6. The van der Waals surface area contributed by atoms with E-state index in [2.05, 4.69) is 10.3 Å². The van der Waals surface area contributed by atoms with E-state index in [-0.39, 0.29) is 18.7 Å². The molecule has 0 spiro atoms. The molecule has 1 N–H and O–H groups in total. The molecule has 0 radical (unpaired) electrons. The van der Waals surface area contributed by atoms with Crippen LogP contribution in [-0.4, -0.2) is 18.1 Å². The van der Waals surface area contributed by atoms with E-state index in [0.29, 0.717) is 5.69 Å². The van der Waals surface area contributed by atoms with Crippen molar-refractivity contribution in [1.82, 2.24) is 10.3 Å². The van der Waals surface area contributed by atoms with Crippen LogP contribution in [0.25, 0.3) is 0 Å². The number of aryl methyl sites for hydroxylation is 1. The Morgan fingerprint density at radius 3 is 2.69 bits per heavy atom. The summed E-state index contributed by atoms with van der Waals surface area (Å²) >= 11 is 0. The Morgan fingerprint density at radius 2 is 2.23 bits per heavy atom. The van der Waals surface area contributed by atoms with Crippen molar-refractivity contribution >= 4 is 0 Å². The Morgan fingerprint density at radius 1 is 1.54 bits per heavy atom. The molecule has 0 aliphatic carbocycles. The second-order valence-corrected chi connectivity index (χ2v) is 3.37. The predicted octanol–water partition coefficient (Wildman–Crippen LogP) is 1.30. The molecule has 0 atom stereocenters. The van der Waals surface area contributed by atoms with Crippen LogP contribution in [0.4, 0.5) is 8.78 Å². The van der Waals surface area contributed by atoms with Crippen molar-refractivity contribution in [3.63, 3.8) is 0 Å². The summed E-state index contributed by atoms with van der Waals surface area (Å²) in [4.78, 5) is 3.88. The van der Waals surface area contributed by atoms with E-state index in [1.807, 2.05) is 0 Å². The fourth-order valence-corrected chi connectivity index (χ4v) is 1.39. The number of nitrogens with one attached hydrogen (secondary N) is 1. The van der Waals surface area contributed by atoms with Crippen LogP contribution in [-0.2, 0) is 5.67 Å². The van der Waals surface area contributed by atoms with Crippen molar-refractivity contribution in [2.24, 2.45) is 0 Å². The maximum atomic E-state index is 13.7. The monoisotopic (exact) mass is 184 g/mol. The van der Waals surface area contributed by atoms with Gasteiger partial charge in [-0.05, 0) is 13.0 Å². The van der Waals surface area contributed by atoms with Crippen LogP contribution in [0.15, 0.2) is 12.3 Å². The zero-order valence-corrected chi connectivity index (χ0v) is 7.27. The molecule has 1 aromatic heterocycles. The van der Waals surface area contributed by atoms with Gasteiger partial charge in [0.1, 0.15) is 5.82 Å². The standard InChI is InChI=1S/C9H10F2N2/c1-6-2-8(10)7(3-13-6)9(11)4-12-5-9/h2-3,12H,4-5H2,1H3. The van der Waals surface area contributed by atoms with Gasteiger partial charge in [-0.3, -0.25) is 4.98 Å². The molecule has 0 saturated carbocycles. The number of rotatable bonds is 1. The number of hydrogen-bond donors (Lipinski definition) is 1. The van der Waals surface area contributed by atoms with E-state index < -0.39 is 11.5 Å².